The van der Waals surface area contributed by atoms with E-state index in [1.54, 1.807) is 0 Å². The summed E-state index contributed by atoms with van der Waals surface area (Å²) in [6.45, 7) is 0. The van der Waals surface area contributed by atoms with Crippen LogP contribution < -0.4 is 0 Å². The first-order valence-corrected chi connectivity index (χ1v) is 7.05. The maximum Gasteiger partial charge on any atom is 0.114 e. The number of para-hydroxylation sites is 1. The van der Waals surface area contributed by atoms with Crippen LogP contribution in [0.15, 0.2) is 95.5 Å². The summed E-state index contributed by atoms with van der Waals surface area (Å²) >= 11 is 0. The van der Waals surface area contributed by atoms with E-state index in [4.69, 9.17) is 20.9 Å². The van der Waals surface area contributed by atoms with Gasteiger partial charge in [-0.2, -0.15) is 0 Å². The van der Waals surface area contributed by atoms with Crippen LogP contribution in [0.4, 0.5) is 0 Å². The Morgan fingerprint density at radius 3 is 2.38 bits per heavy atom. The first-order chi connectivity index (χ1) is 16.9. The first kappa shape index (κ1) is 5.99. The van der Waals surface area contributed by atoms with Crippen LogP contribution in [-0.4, -0.2) is 4.57 Å². The lowest BCUT2D eigenvalue weighted by atomic mass is 10.0. The molecule has 114 valence electrons. The minimum absolute atomic E-state index is 0.0444. The molecular formula is C22H15NO. The molecule has 0 N–H and O–H groups in total. The molecule has 0 aliphatic carbocycles. The Kier molecular flexibility index (Phi) is 1.28. The molecule has 0 atom stereocenters. The third-order valence-corrected chi connectivity index (χ3v) is 3.67. The van der Waals surface area contributed by atoms with E-state index in [0.29, 0.717) is 5.69 Å². The summed E-state index contributed by atoms with van der Waals surface area (Å²) in [5, 5.41) is -0.203. The van der Waals surface area contributed by atoms with Crippen molar-refractivity contribution < 1.29 is 20.9 Å². The van der Waals surface area contributed by atoms with Gasteiger partial charge < -0.3 is 8.98 Å². The smallest absolute Gasteiger partial charge is 0.114 e. The number of furan rings is 1. The highest BCUT2D eigenvalue weighted by Crippen LogP contribution is 2.34. The third kappa shape index (κ3) is 1.90. The fraction of sp³-hybridized carbons (Fsp3) is 0. The Hall–Kier alpha value is -3.26. The summed E-state index contributed by atoms with van der Waals surface area (Å²) in [4.78, 5) is 0. The topological polar surface area (TPSA) is 18.1 Å². The molecule has 2 heterocycles. The van der Waals surface area contributed by atoms with Crippen molar-refractivity contribution >= 4 is 21.8 Å². The van der Waals surface area contributed by atoms with Crippen LogP contribution >= 0.6 is 0 Å². The summed E-state index contributed by atoms with van der Waals surface area (Å²) in [6.07, 6.45) is 2.61. The van der Waals surface area contributed by atoms with Crippen molar-refractivity contribution in [1.29, 1.82) is 0 Å². The van der Waals surface area contributed by atoms with Gasteiger partial charge >= 0.3 is 0 Å². The second-order valence-corrected chi connectivity index (χ2v) is 5.01. The minimum atomic E-state index is -0.667. The zero-order valence-electron chi connectivity index (χ0n) is 24.1. The molecule has 0 spiro atoms. The van der Waals surface area contributed by atoms with Crippen molar-refractivity contribution in [3.63, 3.8) is 0 Å². The highest BCUT2D eigenvalue weighted by atomic mass is 16.3. The number of hydrogen-bond donors (Lipinski definition) is 0. The molecule has 3 aromatic carbocycles. The van der Waals surface area contributed by atoms with Crippen LogP contribution in [0.1, 0.15) is 16.4 Å². The quantitative estimate of drug-likeness (QED) is 0.387. The molecule has 0 aliphatic rings. The zero-order chi connectivity index (χ0) is 26.4. The predicted octanol–water partition coefficient (Wildman–Crippen LogP) is 6.04. The van der Waals surface area contributed by atoms with Crippen molar-refractivity contribution in [3.8, 4) is 16.8 Å². The Balaban J connectivity index is 2.12. The second kappa shape index (κ2) is 5.14. The number of nitrogens with zero attached hydrogens (tertiary/aromatic N) is 1. The van der Waals surface area contributed by atoms with Gasteiger partial charge in [0.15, 0.2) is 0 Å². The zero-order valence-corrected chi connectivity index (χ0v) is 12.1. The fourth-order valence-corrected chi connectivity index (χ4v) is 2.66. The summed E-state index contributed by atoms with van der Waals surface area (Å²) in [5.74, 6) is 0. The van der Waals surface area contributed by atoms with Gasteiger partial charge in [0.2, 0.25) is 0 Å². The Labute approximate surface area is 156 Å². The van der Waals surface area contributed by atoms with Gasteiger partial charge in [0, 0.05) is 16.8 Å². The molecule has 0 unspecified atom stereocenters. The Bertz CT molecular complexity index is 1730. The van der Waals surface area contributed by atoms with Gasteiger partial charge in [0.1, 0.15) is 6.26 Å². The monoisotopic (exact) mass is 321 g/mol. The van der Waals surface area contributed by atoms with Crippen LogP contribution in [0.3, 0.4) is 0 Å². The van der Waals surface area contributed by atoms with Crippen molar-refractivity contribution in [3.05, 3.63) is 91.1 Å². The lowest BCUT2D eigenvalue weighted by molar-refractivity contribution is 0.566. The molecule has 0 amide bonds. The van der Waals surface area contributed by atoms with Gasteiger partial charge in [0.25, 0.3) is 0 Å². The fourth-order valence-electron chi connectivity index (χ4n) is 2.66. The minimum Gasteiger partial charge on any atom is -0.470 e. The molecule has 0 aliphatic heterocycles. The van der Waals surface area contributed by atoms with Crippen LogP contribution in [0.25, 0.3) is 38.6 Å². The van der Waals surface area contributed by atoms with E-state index < -0.39 is 83.6 Å². The van der Waals surface area contributed by atoms with Crippen molar-refractivity contribution in [2.45, 2.75) is 0 Å². The maximum atomic E-state index is 8.99. The third-order valence-electron chi connectivity index (χ3n) is 3.67. The van der Waals surface area contributed by atoms with Gasteiger partial charge in [0.05, 0.1) is 39.4 Å². The van der Waals surface area contributed by atoms with E-state index in [1.165, 1.54) is 23.2 Å². The van der Waals surface area contributed by atoms with Crippen LogP contribution in [0.5, 0.6) is 0 Å². The summed E-state index contributed by atoms with van der Waals surface area (Å²) in [5.41, 5.74) is -0.649. The number of hydrogen-bond acceptors (Lipinski definition) is 1. The van der Waals surface area contributed by atoms with Crippen LogP contribution in [0, 0.1) is 0 Å². The maximum absolute atomic E-state index is 8.99. The van der Waals surface area contributed by atoms with Gasteiger partial charge in [-0.1, -0.05) is 54.4 Å². The van der Waals surface area contributed by atoms with E-state index in [2.05, 4.69) is 0 Å². The van der Waals surface area contributed by atoms with E-state index in [9.17, 15) is 0 Å². The van der Waals surface area contributed by atoms with E-state index in [-0.39, 0.29) is 21.8 Å². The molecular weight excluding hydrogens is 294 g/mol. The molecule has 2 nitrogen and oxygen atoms in total. The summed E-state index contributed by atoms with van der Waals surface area (Å²) in [6, 6.07) is -5.37. The average molecular weight is 321 g/mol. The van der Waals surface area contributed by atoms with Gasteiger partial charge in [-0.25, -0.2) is 0 Å². The molecule has 2 aromatic heterocycles. The van der Waals surface area contributed by atoms with Gasteiger partial charge in [-0.05, 0) is 29.3 Å². The molecule has 5 aromatic rings. The molecule has 0 bridgehead atoms. The number of fused-ring (bicyclic) bond motifs is 3. The molecule has 0 saturated heterocycles. The number of benzene rings is 3. The van der Waals surface area contributed by atoms with Gasteiger partial charge in [-0.3, -0.25) is 0 Å². The lowest BCUT2D eigenvalue weighted by Crippen LogP contribution is -1.90. The predicted molar refractivity (Wildman–Crippen MR) is 98.5 cm³/mol. The van der Waals surface area contributed by atoms with Crippen LogP contribution in [0.2, 0.25) is 0 Å². The lowest BCUT2D eigenvalue weighted by Gasteiger charge is -2.05. The normalized spacial score (nSPS) is 18.3. The largest absolute Gasteiger partial charge is 0.470 e. The second-order valence-electron chi connectivity index (χ2n) is 5.01. The summed E-state index contributed by atoms with van der Waals surface area (Å²) in [7, 11) is 0. The molecule has 2 heteroatoms. The Morgan fingerprint density at radius 1 is 0.750 bits per heavy atom. The number of rotatable bonds is 2. The first-order valence-electron chi connectivity index (χ1n) is 13.1. The summed E-state index contributed by atoms with van der Waals surface area (Å²) < 4.78 is 107. The number of aromatic nitrogens is 1. The van der Waals surface area contributed by atoms with Crippen molar-refractivity contribution in [2.24, 2.45) is 0 Å². The van der Waals surface area contributed by atoms with E-state index >= 15 is 0 Å². The molecule has 0 radical (unpaired) electrons. The SMILES string of the molecule is [2H]c1c([2H])c([2H])c(-c2c([2H])c([2H])c3c(c2[2H])c2c([2H])c([2H])c([2H])c([2H])c2n3-c2ccoc2)c([2H])c1[2H]. The average Bonchev–Trinajstić information content (AvgIpc) is 3.50. The molecule has 0 fully saturated rings. The molecule has 0 saturated carbocycles. The standard InChI is InChI=1S/C22H15NO/c1-2-6-16(7-3-1)17-10-11-22-20(14-17)19-8-4-5-9-21(19)23(22)18-12-13-24-15-18/h1-15H/i1D,2D,3D,4D,5D,6D,7D,8D,9D,10D,11D,14D. The molecule has 5 rings (SSSR count). The van der Waals surface area contributed by atoms with E-state index in [1.807, 2.05) is 0 Å². The van der Waals surface area contributed by atoms with Gasteiger partial charge in [-0.15, -0.1) is 0 Å². The molecule has 24 heavy (non-hydrogen) atoms. The Morgan fingerprint density at radius 2 is 1.54 bits per heavy atom. The highest BCUT2D eigenvalue weighted by molar-refractivity contribution is 6.10. The highest BCUT2D eigenvalue weighted by Gasteiger charge is 2.13. The van der Waals surface area contributed by atoms with Crippen LogP contribution in [-0.2, 0) is 0 Å². The van der Waals surface area contributed by atoms with E-state index in [0.717, 1.165) is 0 Å². The van der Waals surface area contributed by atoms with Crippen molar-refractivity contribution in [2.75, 3.05) is 0 Å². The van der Waals surface area contributed by atoms with Crippen molar-refractivity contribution in [1.82, 2.24) is 4.57 Å².